The molecule has 2 heterocycles. The van der Waals surface area contributed by atoms with Crippen LogP contribution in [0.25, 0.3) is 0 Å². The molecule has 0 unspecified atom stereocenters. The molecule has 2 aliphatic rings. The van der Waals surface area contributed by atoms with Crippen molar-refractivity contribution in [3.8, 4) is 0 Å². The summed E-state index contributed by atoms with van der Waals surface area (Å²) in [6.07, 6.45) is 14.0. The number of likely N-dealkylation sites (tertiary alicyclic amines) is 1. The third-order valence-corrected chi connectivity index (χ3v) is 6.46. The van der Waals surface area contributed by atoms with Crippen molar-refractivity contribution in [3.63, 3.8) is 0 Å². The van der Waals surface area contributed by atoms with Crippen LogP contribution in [0, 0.1) is 11.8 Å². The molecule has 0 bridgehead atoms. The van der Waals surface area contributed by atoms with Crippen molar-refractivity contribution in [1.82, 2.24) is 4.90 Å². The van der Waals surface area contributed by atoms with Crippen LogP contribution in [0.4, 0.5) is 0 Å². The van der Waals surface area contributed by atoms with Crippen LogP contribution in [0.5, 0.6) is 0 Å². The molecule has 0 saturated carbocycles. The van der Waals surface area contributed by atoms with Gasteiger partial charge in [-0.1, -0.05) is 56.7 Å². The molecule has 2 rings (SSSR count). The number of ketones is 1. The van der Waals surface area contributed by atoms with Crippen molar-refractivity contribution >= 4 is 17.7 Å². The lowest BCUT2D eigenvalue weighted by Crippen LogP contribution is -2.60. The van der Waals surface area contributed by atoms with E-state index >= 15 is 0 Å². The molecule has 0 aromatic carbocycles. The number of carbonyl (C=O) groups excluding carboxylic acids is 2. The van der Waals surface area contributed by atoms with Gasteiger partial charge in [-0.15, -0.1) is 0 Å². The second-order valence-corrected chi connectivity index (χ2v) is 9.66. The lowest BCUT2D eigenvalue weighted by Gasteiger charge is -2.42. The maximum absolute atomic E-state index is 13.0. The van der Waals surface area contributed by atoms with Crippen molar-refractivity contribution in [3.05, 3.63) is 36.0 Å². The molecule has 2 fully saturated rings. The van der Waals surface area contributed by atoms with E-state index in [1.54, 1.807) is 6.92 Å². The van der Waals surface area contributed by atoms with E-state index in [1.165, 1.54) is 0 Å². The smallest absolute Gasteiger partial charge is 0.326 e. The molecule has 2 aliphatic heterocycles. The monoisotopic (exact) mass is 461 g/mol. The predicted molar refractivity (Wildman–Crippen MR) is 126 cm³/mol. The third-order valence-electron chi connectivity index (χ3n) is 6.46. The Labute approximate surface area is 197 Å². The van der Waals surface area contributed by atoms with Crippen molar-refractivity contribution in [2.45, 2.75) is 90.6 Å². The molecule has 0 radical (unpaired) electrons. The van der Waals surface area contributed by atoms with Gasteiger partial charge in [0.25, 0.3) is 11.7 Å². The zero-order valence-electron chi connectivity index (χ0n) is 20.3. The van der Waals surface area contributed by atoms with Crippen LogP contribution in [0.2, 0.25) is 0 Å². The number of carboxylic acid groups (broad SMARTS) is 1. The van der Waals surface area contributed by atoms with Crippen LogP contribution in [0.15, 0.2) is 36.0 Å². The standard InChI is InChI=1S/C26H39NO6/c1-18(2)10-6-5-7-11-19(3)13-15-21-16-14-20(4)26(32,33-21)23(28)24(29)27-17-9-8-12-22(27)25(30)31/h5-7,10-11,18,20-22,32H,8-9,12-17H2,1-4H3,(H,30,31)/b7-5+,10-6+,19-11+/t20-,21-,22+,26-/m1/s1. The van der Waals surface area contributed by atoms with Crippen LogP contribution in [0.3, 0.4) is 0 Å². The number of nitrogens with zero attached hydrogens (tertiary/aromatic N) is 1. The van der Waals surface area contributed by atoms with Gasteiger partial charge in [0.05, 0.1) is 6.10 Å². The summed E-state index contributed by atoms with van der Waals surface area (Å²) in [5, 5.41) is 20.5. The van der Waals surface area contributed by atoms with Gasteiger partial charge in [0.1, 0.15) is 6.04 Å². The fraction of sp³-hybridized carbons (Fsp3) is 0.654. The highest BCUT2D eigenvalue weighted by Gasteiger charge is 2.52. The number of hydrogen-bond donors (Lipinski definition) is 2. The minimum absolute atomic E-state index is 0.194. The van der Waals surface area contributed by atoms with Gasteiger partial charge in [0.2, 0.25) is 5.79 Å². The maximum Gasteiger partial charge on any atom is 0.326 e. The number of Topliss-reactive ketones (excluding diaryl/α,β-unsaturated/α-hetero) is 1. The Morgan fingerprint density at radius 1 is 1.12 bits per heavy atom. The fourth-order valence-corrected chi connectivity index (χ4v) is 4.30. The first-order valence-corrected chi connectivity index (χ1v) is 12.0. The number of hydrogen-bond acceptors (Lipinski definition) is 5. The van der Waals surface area contributed by atoms with Crippen LogP contribution < -0.4 is 0 Å². The number of aliphatic carboxylic acids is 1. The average molecular weight is 462 g/mol. The molecule has 0 aromatic rings. The predicted octanol–water partition coefficient (Wildman–Crippen LogP) is 4.02. The van der Waals surface area contributed by atoms with Crippen LogP contribution in [-0.4, -0.2) is 57.3 Å². The third kappa shape index (κ3) is 7.37. The number of piperidine rings is 1. The van der Waals surface area contributed by atoms with Gasteiger partial charge in [-0.05, 0) is 57.8 Å². The molecule has 33 heavy (non-hydrogen) atoms. The number of carbonyl (C=O) groups is 3. The van der Waals surface area contributed by atoms with Gasteiger partial charge < -0.3 is 19.8 Å². The first kappa shape index (κ1) is 27.0. The van der Waals surface area contributed by atoms with E-state index in [2.05, 4.69) is 19.9 Å². The first-order valence-electron chi connectivity index (χ1n) is 12.0. The first-order chi connectivity index (χ1) is 15.6. The minimum Gasteiger partial charge on any atom is -0.480 e. The second-order valence-electron chi connectivity index (χ2n) is 9.66. The molecule has 7 nitrogen and oxygen atoms in total. The summed E-state index contributed by atoms with van der Waals surface area (Å²) in [5.74, 6) is -5.42. The molecule has 0 aliphatic carbocycles. The molecular formula is C26H39NO6. The van der Waals surface area contributed by atoms with Crippen molar-refractivity contribution in [2.75, 3.05) is 6.54 Å². The highest BCUT2D eigenvalue weighted by Crippen LogP contribution is 2.36. The molecule has 2 N–H and O–H groups in total. The Bertz CT molecular complexity index is 799. The number of amides is 1. The summed E-state index contributed by atoms with van der Waals surface area (Å²) in [6.45, 7) is 8.14. The summed E-state index contributed by atoms with van der Waals surface area (Å²) in [7, 11) is 0. The molecular weight excluding hydrogens is 422 g/mol. The van der Waals surface area contributed by atoms with Crippen LogP contribution >= 0.6 is 0 Å². The van der Waals surface area contributed by atoms with E-state index in [4.69, 9.17) is 4.74 Å². The summed E-state index contributed by atoms with van der Waals surface area (Å²) in [4.78, 5) is 38.6. The Balaban J connectivity index is 2.00. The highest BCUT2D eigenvalue weighted by atomic mass is 16.6. The van der Waals surface area contributed by atoms with E-state index < -0.39 is 35.4 Å². The van der Waals surface area contributed by atoms with Crippen LogP contribution in [0.1, 0.15) is 72.6 Å². The molecule has 1 amide bonds. The minimum atomic E-state index is -2.22. The zero-order chi connectivity index (χ0) is 24.6. The van der Waals surface area contributed by atoms with Crippen molar-refractivity contribution in [2.24, 2.45) is 11.8 Å². The van der Waals surface area contributed by atoms with E-state index in [-0.39, 0.29) is 12.6 Å². The van der Waals surface area contributed by atoms with E-state index in [9.17, 15) is 24.6 Å². The van der Waals surface area contributed by atoms with Gasteiger partial charge in [-0.25, -0.2) is 4.79 Å². The molecule has 0 aromatic heterocycles. The summed E-state index contributed by atoms with van der Waals surface area (Å²) in [6, 6.07) is -1.04. The zero-order valence-corrected chi connectivity index (χ0v) is 20.3. The quantitative estimate of drug-likeness (QED) is 0.397. The average Bonchev–Trinajstić information content (AvgIpc) is 2.78. The number of ether oxygens (including phenoxy) is 1. The van der Waals surface area contributed by atoms with Gasteiger partial charge in [0.15, 0.2) is 0 Å². The molecule has 4 atom stereocenters. The maximum atomic E-state index is 13.0. The number of rotatable bonds is 9. The topological polar surface area (TPSA) is 104 Å². The Morgan fingerprint density at radius 3 is 2.52 bits per heavy atom. The Morgan fingerprint density at radius 2 is 1.85 bits per heavy atom. The normalized spacial score (nSPS) is 29.2. The van der Waals surface area contributed by atoms with Crippen molar-refractivity contribution < 1.29 is 29.3 Å². The lowest BCUT2D eigenvalue weighted by molar-refractivity contribution is -0.263. The summed E-state index contributed by atoms with van der Waals surface area (Å²) >= 11 is 0. The summed E-state index contributed by atoms with van der Waals surface area (Å²) < 4.78 is 5.83. The fourth-order valence-electron chi connectivity index (χ4n) is 4.30. The van der Waals surface area contributed by atoms with Crippen molar-refractivity contribution in [1.29, 1.82) is 0 Å². The Hall–Kier alpha value is -2.25. The molecule has 7 heteroatoms. The van der Waals surface area contributed by atoms with Gasteiger partial charge in [-0.3, -0.25) is 9.59 Å². The second kappa shape index (κ2) is 12.3. The van der Waals surface area contributed by atoms with E-state index in [0.29, 0.717) is 44.4 Å². The van der Waals surface area contributed by atoms with E-state index in [0.717, 1.165) is 16.9 Å². The van der Waals surface area contributed by atoms with Gasteiger partial charge in [0, 0.05) is 12.5 Å². The molecule has 2 saturated heterocycles. The lowest BCUT2D eigenvalue weighted by atomic mass is 9.85. The highest BCUT2D eigenvalue weighted by molar-refractivity contribution is 6.39. The van der Waals surface area contributed by atoms with Gasteiger partial charge in [-0.2, -0.15) is 0 Å². The molecule has 184 valence electrons. The van der Waals surface area contributed by atoms with E-state index in [1.807, 2.05) is 31.2 Å². The number of carboxylic acids is 1. The summed E-state index contributed by atoms with van der Waals surface area (Å²) in [5.41, 5.74) is 1.15. The Kier molecular flexibility index (Phi) is 10.0. The number of aliphatic hydroxyl groups is 1. The van der Waals surface area contributed by atoms with Gasteiger partial charge >= 0.3 is 5.97 Å². The van der Waals surface area contributed by atoms with Crippen LogP contribution in [-0.2, 0) is 19.1 Å². The number of allylic oxidation sites excluding steroid dienone is 6. The molecule has 0 spiro atoms. The SMILES string of the molecule is C\C(=C/C=C/C=C/C(C)C)CC[C@@H]1CC[C@@H](C)[C@](O)(C(=O)C(=O)N2CCCC[C@H]2C(=O)O)O1. The largest absolute Gasteiger partial charge is 0.480 e.